The molecule has 24 heavy (non-hydrogen) atoms. The fraction of sp³-hybridized carbons (Fsp3) is 0.278. The summed E-state index contributed by atoms with van der Waals surface area (Å²) >= 11 is 9.53. The third kappa shape index (κ3) is 4.72. The Morgan fingerprint density at radius 2 is 2.08 bits per heavy atom. The van der Waals surface area contributed by atoms with Gasteiger partial charge in [0.05, 0.1) is 18.1 Å². The molecule has 4 nitrogen and oxygen atoms in total. The van der Waals surface area contributed by atoms with Crippen molar-refractivity contribution in [1.29, 1.82) is 0 Å². The number of benzene rings is 2. The van der Waals surface area contributed by atoms with Crippen LogP contribution < -0.4 is 15.4 Å². The summed E-state index contributed by atoms with van der Waals surface area (Å²) < 4.78 is 6.11. The van der Waals surface area contributed by atoms with Crippen LogP contribution in [0.25, 0.3) is 0 Å². The summed E-state index contributed by atoms with van der Waals surface area (Å²) in [4.78, 5) is 12.1. The van der Waals surface area contributed by atoms with Crippen LogP contribution in [-0.2, 0) is 4.79 Å². The minimum Gasteiger partial charge on any atom is -0.496 e. The molecule has 0 radical (unpaired) electrons. The number of carbonyl (C=O) groups is 1. The van der Waals surface area contributed by atoms with Gasteiger partial charge in [0.15, 0.2) is 0 Å². The van der Waals surface area contributed by atoms with Crippen LogP contribution in [0.5, 0.6) is 5.75 Å². The normalized spacial score (nSPS) is 11.9. The largest absolute Gasteiger partial charge is 0.496 e. The highest BCUT2D eigenvalue weighted by molar-refractivity contribution is 9.10. The Bertz CT molecular complexity index is 737. The number of carbonyl (C=O) groups excluding carboxylic acids is 1. The zero-order chi connectivity index (χ0) is 17.7. The molecule has 0 heterocycles. The second kappa shape index (κ2) is 8.51. The van der Waals surface area contributed by atoms with E-state index in [2.05, 4.69) is 26.6 Å². The number of anilines is 1. The maximum atomic E-state index is 12.1. The van der Waals surface area contributed by atoms with Gasteiger partial charge in [-0.2, -0.15) is 0 Å². The van der Waals surface area contributed by atoms with Gasteiger partial charge in [-0.3, -0.25) is 4.79 Å². The van der Waals surface area contributed by atoms with Gasteiger partial charge in [-0.15, -0.1) is 0 Å². The zero-order valence-corrected chi connectivity index (χ0v) is 16.2. The molecule has 2 rings (SSSR count). The van der Waals surface area contributed by atoms with E-state index in [9.17, 15) is 4.79 Å². The standard InChI is InChI=1S/C18H20BrClN2O2/c1-11-15(20)5-4-6-16(11)22-18(23)10-21-12(2)13-7-8-17(24-3)14(19)9-13/h4-9,12,21H,10H2,1-3H3,(H,22,23)/t12-/m1/s1. The number of halogens is 2. The van der Waals surface area contributed by atoms with Gasteiger partial charge < -0.3 is 15.4 Å². The van der Waals surface area contributed by atoms with Crippen molar-refractivity contribution in [3.63, 3.8) is 0 Å². The molecule has 0 fully saturated rings. The molecule has 0 saturated carbocycles. The number of hydrogen-bond donors (Lipinski definition) is 2. The van der Waals surface area contributed by atoms with Gasteiger partial charge >= 0.3 is 0 Å². The third-order valence-electron chi connectivity index (χ3n) is 3.79. The second-order valence-corrected chi connectivity index (χ2v) is 6.72. The van der Waals surface area contributed by atoms with Gasteiger partial charge in [0.1, 0.15) is 5.75 Å². The molecule has 0 unspecified atom stereocenters. The highest BCUT2D eigenvalue weighted by atomic mass is 79.9. The summed E-state index contributed by atoms with van der Waals surface area (Å²) in [6.45, 7) is 4.09. The van der Waals surface area contributed by atoms with E-state index in [0.29, 0.717) is 5.02 Å². The molecule has 2 aromatic rings. The molecule has 0 saturated heterocycles. The minimum absolute atomic E-state index is 0.0263. The highest BCUT2D eigenvalue weighted by Crippen LogP contribution is 2.28. The Morgan fingerprint density at radius 3 is 2.75 bits per heavy atom. The van der Waals surface area contributed by atoms with Crippen molar-refractivity contribution in [3.8, 4) is 5.75 Å². The lowest BCUT2D eigenvalue weighted by atomic mass is 10.1. The number of hydrogen-bond acceptors (Lipinski definition) is 3. The van der Waals surface area contributed by atoms with E-state index < -0.39 is 0 Å². The lowest BCUT2D eigenvalue weighted by molar-refractivity contribution is -0.115. The van der Waals surface area contributed by atoms with E-state index in [1.165, 1.54) is 0 Å². The summed E-state index contributed by atoms with van der Waals surface area (Å²) in [6, 6.07) is 11.3. The Labute approximate surface area is 155 Å². The van der Waals surface area contributed by atoms with E-state index in [1.54, 1.807) is 13.2 Å². The van der Waals surface area contributed by atoms with Crippen LogP contribution in [0, 0.1) is 6.92 Å². The molecule has 6 heteroatoms. The van der Waals surface area contributed by atoms with Gasteiger partial charge in [-0.1, -0.05) is 23.7 Å². The summed E-state index contributed by atoms with van der Waals surface area (Å²) in [5, 5.41) is 6.72. The first kappa shape index (κ1) is 18.8. The average Bonchev–Trinajstić information content (AvgIpc) is 2.56. The Hall–Kier alpha value is -1.56. The molecule has 0 aromatic heterocycles. The fourth-order valence-corrected chi connectivity index (χ4v) is 2.99. The van der Waals surface area contributed by atoms with Gasteiger partial charge in [0.2, 0.25) is 5.91 Å². The molecule has 0 spiro atoms. The third-order valence-corrected chi connectivity index (χ3v) is 4.82. The number of nitrogens with one attached hydrogen (secondary N) is 2. The number of ether oxygens (including phenoxy) is 1. The number of rotatable bonds is 6. The molecule has 0 aliphatic heterocycles. The van der Waals surface area contributed by atoms with E-state index in [4.69, 9.17) is 16.3 Å². The average molecular weight is 412 g/mol. The Kier molecular flexibility index (Phi) is 6.66. The van der Waals surface area contributed by atoms with Crippen LogP contribution in [0.2, 0.25) is 5.02 Å². The van der Waals surface area contributed by atoms with Crippen LogP contribution in [0.1, 0.15) is 24.1 Å². The molecule has 0 aliphatic carbocycles. The molecular formula is C18H20BrClN2O2. The van der Waals surface area contributed by atoms with Crippen LogP contribution in [0.15, 0.2) is 40.9 Å². The van der Waals surface area contributed by atoms with E-state index in [1.807, 2.05) is 44.2 Å². The second-order valence-electron chi connectivity index (χ2n) is 5.46. The maximum absolute atomic E-state index is 12.1. The van der Waals surface area contributed by atoms with Gasteiger partial charge in [0.25, 0.3) is 0 Å². The van der Waals surface area contributed by atoms with Crippen LogP contribution >= 0.6 is 27.5 Å². The first-order chi connectivity index (χ1) is 11.4. The number of methoxy groups -OCH3 is 1. The van der Waals surface area contributed by atoms with E-state index >= 15 is 0 Å². The van der Waals surface area contributed by atoms with Crippen LogP contribution in [-0.4, -0.2) is 19.6 Å². The fourth-order valence-electron chi connectivity index (χ4n) is 2.25. The minimum atomic E-state index is -0.111. The van der Waals surface area contributed by atoms with Crippen molar-refractivity contribution in [1.82, 2.24) is 5.32 Å². The summed E-state index contributed by atoms with van der Waals surface area (Å²) in [7, 11) is 1.63. The molecule has 128 valence electrons. The first-order valence-corrected chi connectivity index (χ1v) is 8.71. The number of amides is 1. The summed E-state index contributed by atoms with van der Waals surface area (Å²) in [6.07, 6.45) is 0. The van der Waals surface area contributed by atoms with Crippen molar-refractivity contribution >= 4 is 39.1 Å². The van der Waals surface area contributed by atoms with Crippen molar-refractivity contribution < 1.29 is 9.53 Å². The topological polar surface area (TPSA) is 50.4 Å². The van der Waals surface area contributed by atoms with Gasteiger partial charge in [0, 0.05) is 16.8 Å². The zero-order valence-electron chi connectivity index (χ0n) is 13.8. The van der Waals surface area contributed by atoms with Gasteiger partial charge in [-0.25, -0.2) is 0 Å². The van der Waals surface area contributed by atoms with Crippen molar-refractivity contribution in [2.75, 3.05) is 19.0 Å². The molecule has 0 bridgehead atoms. The van der Waals surface area contributed by atoms with Crippen molar-refractivity contribution in [2.24, 2.45) is 0 Å². The van der Waals surface area contributed by atoms with E-state index in [-0.39, 0.29) is 18.5 Å². The Morgan fingerprint density at radius 1 is 1.33 bits per heavy atom. The molecule has 1 amide bonds. The van der Waals surface area contributed by atoms with E-state index in [0.717, 1.165) is 27.0 Å². The molecule has 2 N–H and O–H groups in total. The molecular weight excluding hydrogens is 392 g/mol. The predicted octanol–water partition coefficient (Wildman–Crippen LogP) is 4.71. The van der Waals surface area contributed by atoms with Crippen LogP contribution in [0.4, 0.5) is 5.69 Å². The first-order valence-electron chi connectivity index (χ1n) is 7.54. The van der Waals surface area contributed by atoms with Gasteiger partial charge in [-0.05, 0) is 65.2 Å². The Balaban J connectivity index is 1.93. The van der Waals surface area contributed by atoms with Crippen molar-refractivity contribution in [2.45, 2.75) is 19.9 Å². The predicted molar refractivity (Wildman–Crippen MR) is 102 cm³/mol. The lowest BCUT2D eigenvalue weighted by Crippen LogP contribution is -2.30. The van der Waals surface area contributed by atoms with Crippen molar-refractivity contribution in [3.05, 3.63) is 57.0 Å². The highest BCUT2D eigenvalue weighted by Gasteiger charge is 2.11. The lowest BCUT2D eigenvalue weighted by Gasteiger charge is -2.16. The maximum Gasteiger partial charge on any atom is 0.238 e. The molecule has 2 aromatic carbocycles. The smallest absolute Gasteiger partial charge is 0.238 e. The van der Waals surface area contributed by atoms with Crippen LogP contribution in [0.3, 0.4) is 0 Å². The summed E-state index contributed by atoms with van der Waals surface area (Å²) in [5.74, 6) is 0.667. The molecule has 0 aliphatic rings. The quantitative estimate of drug-likeness (QED) is 0.724. The monoisotopic (exact) mass is 410 g/mol. The molecule has 1 atom stereocenters. The SMILES string of the molecule is COc1ccc([C@@H](C)NCC(=O)Nc2cccc(Cl)c2C)cc1Br. The summed E-state index contributed by atoms with van der Waals surface area (Å²) in [5.41, 5.74) is 2.66.